The summed E-state index contributed by atoms with van der Waals surface area (Å²) in [6.45, 7) is 0. The molecule has 0 radical (unpaired) electrons. The molecule has 0 bridgehead atoms. The molecule has 9 aromatic carbocycles. The monoisotopic (exact) mass is 841 g/mol. The second-order valence-corrected chi connectivity index (χ2v) is 16.3. The van der Waals surface area contributed by atoms with Crippen LogP contribution in [0.1, 0.15) is 0 Å². The van der Waals surface area contributed by atoms with Gasteiger partial charge in [0.05, 0.1) is 22.8 Å². The number of nitrogens with zero attached hydrogens (tertiary/aromatic N) is 3. The van der Waals surface area contributed by atoms with Crippen LogP contribution >= 0.6 is 0 Å². The third-order valence-electron chi connectivity index (χ3n) is 12.1. The molecule has 11 rings (SSSR count). The van der Waals surface area contributed by atoms with Crippen molar-refractivity contribution >= 4 is 0 Å². The summed E-state index contributed by atoms with van der Waals surface area (Å²) in [5, 5.41) is 0. The zero-order valence-corrected chi connectivity index (χ0v) is 36.2. The van der Waals surface area contributed by atoms with Gasteiger partial charge in [-0.05, 0) is 63.2 Å². The summed E-state index contributed by atoms with van der Waals surface area (Å²) in [5.41, 5.74) is 19.8. The summed E-state index contributed by atoms with van der Waals surface area (Å²) in [6.07, 6.45) is 0. The SMILES string of the molecule is c1ccc(-c2cccc(-c3cc(-c4ccccc4)nc(-c4cccc(-c5cccc(-c6c(-c7ccccc7)c(-c7ccccc7)nc(-c7ccccc7)c6-c6ccccc6)c5)c4)n3)c2)cc1. The maximum atomic E-state index is 5.64. The van der Waals surface area contributed by atoms with E-state index in [1.165, 1.54) is 0 Å². The Morgan fingerprint density at radius 2 is 0.500 bits per heavy atom. The van der Waals surface area contributed by atoms with Crippen LogP contribution in [0.25, 0.3) is 112 Å². The number of hydrogen-bond donors (Lipinski definition) is 0. The summed E-state index contributed by atoms with van der Waals surface area (Å²) in [6, 6.07) is 91.7. The minimum absolute atomic E-state index is 0.668. The number of hydrogen-bond acceptors (Lipinski definition) is 3. The lowest BCUT2D eigenvalue weighted by molar-refractivity contribution is 1.18. The van der Waals surface area contributed by atoms with Crippen LogP contribution in [0.2, 0.25) is 0 Å². The van der Waals surface area contributed by atoms with E-state index >= 15 is 0 Å². The van der Waals surface area contributed by atoms with Gasteiger partial charge in [0, 0.05) is 44.5 Å². The zero-order valence-electron chi connectivity index (χ0n) is 36.2. The summed E-state index contributed by atoms with van der Waals surface area (Å²) < 4.78 is 0. The Balaban J connectivity index is 1.10. The molecule has 0 spiro atoms. The van der Waals surface area contributed by atoms with Crippen LogP contribution in [0.5, 0.6) is 0 Å². The normalized spacial score (nSPS) is 11.0. The molecule has 0 atom stereocenters. The van der Waals surface area contributed by atoms with Gasteiger partial charge in [-0.15, -0.1) is 0 Å². The van der Waals surface area contributed by atoms with Crippen LogP contribution in [-0.4, -0.2) is 15.0 Å². The van der Waals surface area contributed by atoms with Gasteiger partial charge in [0.15, 0.2) is 5.82 Å². The fourth-order valence-electron chi connectivity index (χ4n) is 8.92. The van der Waals surface area contributed by atoms with E-state index in [1.807, 2.05) is 12.1 Å². The predicted molar refractivity (Wildman–Crippen MR) is 274 cm³/mol. The fourth-order valence-corrected chi connectivity index (χ4v) is 8.92. The molecule has 0 saturated heterocycles. The van der Waals surface area contributed by atoms with Gasteiger partial charge in [-0.2, -0.15) is 0 Å². The molecule has 0 unspecified atom stereocenters. The van der Waals surface area contributed by atoms with Gasteiger partial charge in [-0.1, -0.05) is 237 Å². The Kier molecular flexibility index (Phi) is 11.0. The molecule has 3 heteroatoms. The van der Waals surface area contributed by atoms with Gasteiger partial charge in [0.2, 0.25) is 0 Å². The van der Waals surface area contributed by atoms with Crippen molar-refractivity contribution in [3.63, 3.8) is 0 Å². The topological polar surface area (TPSA) is 38.7 Å². The van der Waals surface area contributed by atoms with Gasteiger partial charge in [-0.25, -0.2) is 15.0 Å². The summed E-state index contributed by atoms with van der Waals surface area (Å²) in [5.74, 6) is 0.668. The highest BCUT2D eigenvalue weighted by Gasteiger charge is 2.25. The lowest BCUT2D eigenvalue weighted by Crippen LogP contribution is -2.01. The number of pyridine rings is 1. The van der Waals surface area contributed by atoms with E-state index in [4.69, 9.17) is 15.0 Å². The average Bonchev–Trinajstić information content (AvgIpc) is 3.41. The van der Waals surface area contributed by atoms with Crippen molar-refractivity contribution in [1.82, 2.24) is 15.0 Å². The Morgan fingerprint density at radius 3 is 0.985 bits per heavy atom. The van der Waals surface area contributed by atoms with E-state index in [0.29, 0.717) is 5.82 Å². The standard InChI is InChI=1S/C63H43N3/c1-7-22-44(23-8-1)50-34-19-37-53(40-50)57-43-56(45-24-9-2-10-25-45)64-63(65-57)55-39-21-36-52(42-55)51-35-20-38-54(41-51)58-59(46-26-11-3-12-27-46)61(48-30-15-5-16-31-48)66-62(49-32-17-6-18-33-49)60(58)47-28-13-4-14-29-47/h1-43H. The lowest BCUT2D eigenvalue weighted by Gasteiger charge is -2.23. The molecule has 0 saturated carbocycles. The van der Waals surface area contributed by atoms with Crippen molar-refractivity contribution in [3.8, 4) is 112 Å². The number of aromatic nitrogens is 3. The predicted octanol–water partition coefficient (Wildman–Crippen LogP) is 16.5. The Hall–Kier alpha value is -8.79. The molecular formula is C63H43N3. The second-order valence-electron chi connectivity index (χ2n) is 16.3. The van der Waals surface area contributed by atoms with Crippen LogP contribution in [0.4, 0.5) is 0 Å². The first-order chi connectivity index (χ1) is 32.7. The third-order valence-corrected chi connectivity index (χ3v) is 12.1. The molecule has 0 aliphatic rings. The molecule has 66 heavy (non-hydrogen) atoms. The zero-order chi connectivity index (χ0) is 44.1. The summed E-state index contributed by atoms with van der Waals surface area (Å²) in [4.78, 5) is 16.2. The highest BCUT2D eigenvalue weighted by molar-refractivity contribution is 6.05. The van der Waals surface area contributed by atoms with Gasteiger partial charge in [0.1, 0.15) is 0 Å². The molecule has 310 valence electrons. The van der Waals surface area contributed by atoms with Crippen molar-refractivity contribution in [2.75, 3.05) is 0 Å². The second kappa shape index (κ2) is 18.1. The molecule has 0 aliphatic heterocycles. The minimum Gasteiger partial charge on any atom is -0.246 e. The smallest absolute Gasteiger partial charge is 0.160 e. The van der Waals surface area contributed by atoms with Gasteiger partial charge < -0.3 is 0 Å². The highest BCUT2D eigenvalue weighted by Crippen LogP contribution is 2.49. The summed E-state index contributed by atoms with van der Waals surface area (Å²) in [7, 11) is 0. The number of benzene rings is 9. The Morgan fingerprint density at radius 1 is 0.182 bits per heavy atom. The Labute approximate surface area is 386 Å². The van der Waals surface area contributed by atoms with E-state index in [2.05, 4.69) is 249 Å². The molecule has 2 heterocycles. The van der Waals surface area contributed by atoms with Crippen molar-refractivity contribution in [2.45, 2.75) is 0 Å². The van der Waals surface area contributed by atoms with Crippen LogP contribution in [0, 0.1) is 0 Å². The molecule has 0 N–H and O–H groups in total. The Bertz CT molecular complexity index is 3330. The molecule has 2 aromatic heterocycles. The number of rotatable bonds is 10. The van der Waals surface area contributed by atoms with Crippen molar-refractivity contribution in [2.24, 2.45) is 0 Å². The van der Waals surface area contributed by atoms with Gasteiger partial charge in [0.25, 0.3) is 0 Å². The first kappa shape index (κ1) is 40.0. The van der Waals surface area contributed by atoms with E-state index < -0.39 is 0 Å². The van der Waals surface area contributed by atoms with Gasteiger partial charge >= 0.3 is 0 Å². The maximum Gasteiger partial charge on any atom is 0.160 e. The molecule has 0 aliphatic carbocycles. The lowest BCUT2D eigenvalue weighted by atomic mass is 9.82. The fraction of sp³-hybridized carbons (Fsp3) is 0. The van der Waals surface area contributed by atoms with E-state index in [9.17, 15) is 0 Å². The third kappa shape index (κ3) is 8.14. The first-order valence-corrected chi connectivity index (χ1v) is 22.3. The van der Waals surface area contributed by atoms with Crippen molar-refractivity contribution < 1.29 is 0 Å². The van der Waals surface area contributed by atoms with Crippen molar-refractivity contribution in [3.05, 3.63) is 261 Å². The molecule has 3 nitrogen and oxygen atoms in total. The highest BCUT2D eigenvalue weighted by atomic mass is 14.9. The quantitative estimate of drug-likeness (QED) is 0.138. The van der Waals surface area contributed by atoms with Gasteiger partial charge in [-0.3, -0.25) is 0 Å². The van der Waals surface area contributed by atoms with Crippen LogP contribution in [0.3, 0.4) is 0 Å². The maximum absolute atomic E-state index is 5.64. The summed E-state index contributed by atoms with van der Waals surface area (Å²) >= 11 is 0. The molecule has 0 amide bonds. The van der Waals surface area contributed by atoms with E-state index in [0.717, 1.165) is 106 Å². The largest absolute Gasteiger partial charge is 0.246 e. The van der Waals surface area contributed by atoms with Crippen LogP contribution < -0.4 is 0 Å². The molecule has 11 aromatic rings. The van der Waals surface area contributed by atoms with Crippen LogP contribution in [0.15, 0.2) is 261 Å². The van der Waals surface area contributed by atoms with E-state index in [-0.39, 0.29) is 0 Å². The van der Waals surface area contributed by atoms with E-state index in [1.54, 1.807) is 0 Å². The minimum atomic E-state index is 0.668. The first-order valence-electron chi connectivity index (χ1n) is 22.3. The van der Waals surface area contributed by atoms with Crippen LogP contribution in [-0.2, 0) is 0 Å². The molecule has 0 fully saturated rings. The molecular weight excluding hydrogens is 799 g/mol. The van der Waals surface area contributed by atoms with Crippen molar-refractivity contribution in [1.29, 1.82) is 0 Å². The average molecular weight is 842 g/mol.